The van der Waals surface area contributed by atoms with Crippen molar-refractivity contribution in [1.82, 2.24) is 26.2 Å². The van der Waals surface area contributed by atoms with Gasteiger partial charge < -0.3 is 30.9 Å². The van der Waals surface area contributed by atoms with Gasteiger partial charge in [-0.2, -0.15) is 0 Å². The van der Waals surface area contributed by atoms with Gasteiger partial charge in [0.1, 0.15) is 41.6 Å². The normalized spacial score (nSPS) is 22.3. The molecule has 0 spiro atoms. The zero-order chi connectivity index (χ0) is 34.2. The van der Waals surface area contributed by atoms with Gasteiger partial charge >= 0.3 is 0 Å². The summed E-state index contributed by atoms with van der Waals surface area (Å²) in [5.41, 5.74) is 1.36. The quantitative estimate of drug-likeness (QED) is 0.329. The van der Waals surface area contributed by atoms with Crippen LogP contribution in [0.2, 0.25) is 0 Å². The van der Waals surface area contributed by atoms with Crippen LogP contribution in [-0.2, 0) is 43.4 Å². The Bertz CT molecular complexity index is 1650. The molecule has 3 aliphatic rings. The molecule has 2 bridgehead atoms. The molecule has 0 aromatic heterocycles. The smallest absolute Gasteiger partial charge is 0.258 e. The van der Waals surface area contributed by atoms with Crippen LogP contribution in [0.5, 0.6) is 5.75 Å². The zero-order valence-electron chi connectivity index (χ0n) is 26.3. The molecular weight excluding hydrogens is 624 g/mol. The van der Waals surface area contributed by atoms with Crippen molar-refractivity contribution < 1.29 is 37.5 Å². The maximum atomic E-state index is 14.2. The van der Waals surface area contributed by atoms with Crippen LogP contribution < -0.4 is 26.0 Å². The van der Waals surface area contributed by atoms with Crippen LogP contribution in [0.15, 0.2) is 72.8 Å². The van der Waals surface area contributed by atoms with E-state index < -0.39 is 65.3 Å². The average Bonchev–Trinajstić information content (AvgIpc) is 3.58. The SMILES string of the molecule is C[C@@H]1NC(=O)[C@H]2CCCN2C(=O)[C@@H](Cc2ccccc2)NC(=O)COc2ccc(cc2)C[C@H](C(=O)NCc2cc(F)ccc2F)NC1=O. The lowest BCUT2D eigenvalue weighted by Crippen LogP contribution is -2.57. The van der Waals surface area contributed by atoms with Crippen molar-refractivity contribution in [3.8, 4) is 5.75 Å². The molecule has 3 heterocycles. The van der Waals surface area contributed by atoms with E-state index in [0.29, 0.717) is 24.2 Å². The number of carbonyl (C=O) groups is 5. The molecule has 3 aromatic carbocycles. The first kappa shape index (κ1) is 34.0. The van der Waals surface area contributed by atoms with Gasteiger partial charge in [0, 0.05) is 31.5 Å². The Balaban J connectivity index is 1.37. The predicted molar refractivity (Wildman–Crippen MR) is 170 cm³/mol. The van der Waals surface area contributed by atoms with Crippen molar-refractivity contribution in [1.29, 1.82) is 0 Å². The molecule has 13 heteroatoms. The van der Waals surface area contributed by atoms with Gasteiger partial charge in [-0.05, 0) is 61.2 Å². The average molecular weight is 662 g/mol. The summed E-state index contributed by atoms with van der Waals surface area (Å²) in [7, 11) is 0. The van der Waals surface area contributed by atoms with E-state index in [4.69, 9.17) is 4.74 Å². The number of benzene rings is 3. The van der Waals surface area contributed by atoms with Gasteiger partial charge in [0.2, 0.25) is 23.6 Å². The number of ether oxygens (including phenoxy) is 1. The molecular formula is C35H37F2N5O6. The van der Waals surface area contributed by atoms with Crippen molar-refractivity contribution in [2.75, 3.05) is 13.2 Å². The van der Waals surface area contributed by atoms with E-state index in [1.54, 1.807) is 24.3 Å². The van der Waals surface area contributed by atoms with Crippen LogP contribution >= 0.6 is 0 Å². The van der Waals surface area contributed by atoms with Gasteiger partial charge in [-0.25, -0.2) is 8.78 Å². The van der Waals surface area contributed by atoms with Crippen LogP contribution in [-0.4, -0.2) is 71.8 Å². The number of fused-ring (bicyclic) bond motifs is 13. The van der Waals surface area contributed by atoms with Crippen LogP contribution in [0, 0.1) is 11.6 Å². The Morgan fingerprint density at radius 1 is 0.938 bits per heavy atom. The Morgan fingerprint density at radius 2 is 1.69 bits per heavy atom. The second-order valence-corrected chi connectivity index (χ2v) is 11.9. The van der Waals surface area contributed by atoms with Gasteiger partial charge in [0.15, 0.2) is 6.61 Å². The molecule has 6 rings (SSSR count). The van der Waals surface area contributed by atoms with Crippen molar-refractivity contribution in [2.45, 2.75) is 63.3 Å². The van der Waals surface area contributed by atoms with Crippen LogP contribution in [0.4, 0.5) is 8.78 Å². The van der Waals surface area contributed by atoms with Gasteiger partial charge in [-0.15, -0.1) is 0 Å². The standard InChI is InChI=1S/C35H37F2N5O6/c1-21-32(44)41-28(33(45)38-19-24-18-25(36)11-14-27(24)37)16-23-9-12-26(13-10-23)48-20-31(43)40-29(17-22-6-3-2-4-7-22)35(47)42-15-5-8-30(42)34(46)39-21/h2-4,6-7,9-14,18,21,28-30H,5,8,15-17,19-20H2,1H3,(H,38,45)(H,39,46)(H,40,43)(H,41,44)/t21-,28+,29+,30+/m0/s1. The number of nitrogens with one attached hydrogen (secondary N) is 4. The van der Waals surface area contributed by atoms with Crippen LogP contribution in [0.25, 0.3) is 0 Å². The fourth-order valence-electron chi connectivity index (χ4n) is 5.76. The summed E-state index contributed by atoms with van der Waals surface area (Å²) in [6.45, 7) is 1.04. The van der Waals surface area contributed by atoms with E-state index in [-0.39, 0.29) is 38.1 Å². The number of nitrogens with zero attached hydrogens (tertiary/aromatic N) is 1. The summed E-state index contributed by atoms with van der Waals surface area (Å²) in [6.07, 6.45) is 1.11. The molecule has 252 valence electrons. The molecule has 3 aliphatic heterocycles. The zero-order valence-corrected chi connectivity index (χ0v) is 26.3. The Morgan fingerprint density at radius 3 is 2.44 bits per heavy atom. The van der Waals surface area contributed by atoms with Crippen LogP contribution in [0.1, 0.15) is 36.5 Å². The maximum absolute atomic E-state index is 14.2. The summed E-state index contributed by atoms with van der Waals surface area (Å²) in [4.78, 5) is 68.3. The summed E-state index contributed by atoms with van der Waals surface area (Å²) in [5, 5.41) is 10.6. The van der Waals surface area contributed by atoms with Gasteiger partial charge in [-0.1, -0.05) is 42.5 Å². The Kier molecular flexibility index (Phi) is 11.0. The molecule has 1 fully saturated rings. The molecule has 4 atom stereocenters. The minimum atomic E-state index is -1.16. The van der Waals surface area contributed by atoms with E-state index in [1.165, 1.54) is 11.8 Å². The Labute approximate surface area is 276 Å². The summed E-state index contributed by atoms with van der Waals surface area (Å²) < 4.78 is 33.5. The predicted octanol–water partition coefficient (Wildman–Crippen LogP) is 1.92. The molecule has 0 radical (unpaired) electrons. The number of hydrogen-bond acceptors (Lipinski definition) is 6. The highest BCUT2D eigenvalue weighted by Crippen LogP contribution is 2.21. The number of halogens is 2. The van der Waals surface area contributed by atoms with Crippen molar-refractivity contribution >= 4 is 29.5 Å². The third-order valence-corrected chi connectivity index (χ3v) is 8.33. The Hall–Kier alpha value is -5.33. The van der Waals surface area contributed by atoms with E-state index in [0.717, 1.165) is 23.8 Å². The van der Waals surface area contributed by atoms with E-state index in [9.17, 15) is 32.8 Å². The second kappa shape index (κ2) is 15.5. The van der Waals surface area contributed by atoms with Crippen LogP contribution in [0.3, 0.4) is 0 Å². The molecule has 3 aromatic rings. The number of hydrogen-bond donors (Lipinski definition) is 4. The highest BCUT2D eigenvalue weighted by atomic mass is 19.1. The first-order valence-electron chi connectivity index (χ1n) is 15.8. The van der Waals surface area contributed by atoms with Gasteiger partial charge in [0.05, 0.1) is 0 Å². The lowest BCUT2D eigenvalue weighted by Gasteiger charge is -2.29. The van der Waals surface area contributed by atoms with Gasteiger partial charge in [0.25, 0.3) is 5.91 Å². The minimum Gasteiger partial charge on any atom is -0.484 e. The highest BCUT2D eigenvalue weighted by molar-refractivity contribution is 5.96. The largest absolute Gasteiger partial charge is 0.484 e. The molecule has 5 amide bonds. The molecule has 4 N–H and O–H groups in total. The van der Waals surface area contributed by atoms with Crippen molar-refractivity contribution in [3.63, 3.8) is 0 Å². The lowest BCUT2D eigenvalue weighted by atomic mass is 10.0. The van der Waals surface area contributed by atoms with E-state index in [1.807, 2.05) is 30.3 Å². The fourth-order valence-corrected chi connectivity index (χ4v) is 5.76. The third-order valence-electron chi connectivity index (χ3n) is 8.33. The number of rotatable bonds is 5. The topological polar surface area (TPSA) is 146 Å². The number of amides is 5. The fraction of sp³-hybridized carbons (Fsp3) is 0.343. The molecule has 1 saturated heterocycles. The highest BCUT2D eigenvalue weighted by Gasteiger charge is 2.39. The maximum Gasteiger partial charge on any atom is 0.258 e. The molecule has 0 unspecified atom stereocenters. The first-order chi connectivity index (χ1) is 23.1. The second-order valence-electron chi connectivity index (χ2n) is 11.9. The summed E-state index contributed by atoms with van der Waals surface area (Å²) in [6, 6.07) is 14.5. The monoisotopic (exact) mass is 661 g/mol. The summed E-state index contributed by atoms with van der Waals surface area (Å²) in [5.74, 6) is -3.85. The lowest BCUT2D eigenvalue weighted by molar-refractivity contribution is -0.142. The van der Waals surface area contributed by atoms with Crippen molar-refractivity contribution in [3.05, 3.63) is 101 Å². The molecule has 48 heavy (non-hydrogen) atoms. The summed E-state index contributed by atoms with van der Waals surface area (Å²) >= 11 is 0. The van der Waals surface area contributed by atoms with E-state index >= 15 is 0 Å². The molecule has 11 nitrogen and oxygen atoms in total. The van der Waals surface area contributed by atoms with Crippen molar-refractivity contribution in [2.24, 2.45) is 0 Å². The first-order valence-corrected chi connectivity index (χ1v) is 15.8. The van der Waals surface area contributed by atoms with Gasteiger partial charge in [-0.3, -0.25) is 24.0 Å². The molecule has 0 aliphatic carbocycles. The third kappa shape index (κ3) is 8.72. The minimum absolute atomic E-state index is 0.0106. The number of carbonyl (C=O) groups excluding carboxylic acids is 5. The molecule has 0 saturated carbocycles. The van der Waals surface area contributed by atoms with E-state index in [2.05, 4.69) is 21.3 Å².